The third-order valence-corrected chi connectivity index (χ3v) is 6.92. The van der Waals surface area contributed by atoms with Crippen molar-refractivity contribution in [3.8, 4) is 0 Å². The van der Waals surface area contributed by atoms with Crippen molar-refractivity contribution in [1.29, 1.82) is 0 Å². The van der Waals surface area contributed by atoms with Crippen molar-refractivity contribution in [2.75, 3.05) is 18.1 Å². The molecule has 0 bridgehead atoms. The summed E-state index contributed by atoms with van der Waals surface area (Å²) in [6.07, 6.45) is 1.06. The van der Waals surface area contributed by atoms with E-state index >= 15 is 0 Å². The van der Waals surface area contributed by atoms with E-state index in [0.717, 1.165) is 16.8 Å². The molecule has 7 nitrogen and oxygen atoms in total. The van der Waals surface area contributed by atoms with Crippen molar-refractivity contribution < 1.29 is 24.6 Å². The average molecular weight is 473 g/mol. The summed E-state index contributed by atoms with van der Waals surface area (Å²) in [7, 11) is 0. The maximum absolute atomic E-state index is 13.5. The molecular formula is C28H28N2O5. The predicted molar refractivity (Wildman–Crippen MR) is 133 cm³/mol. The van der Waals surface area contributed by atoms with Crippen LogP contribution in [-0.4, -0.2) is 52.1 Å². The summed E-state index contributed by atoms with van der Waals surface area (Å²) in [5.74, 6) is -0.849. The molecule has 1 unspecified atom stereocenters. The predicted octanol–water partition coefficient (Wildman–Crippen LogP) is 3.54. The number of rotatable bonds is 7. The maximum Gasteiger partial charge on any atom is 0.261 e. The van der Waals surface area contributed by atoms with Crippen LogP contribution < -0.4 is 4.90 Å². The van der Waals surface area contributed by atoms with Gasteiger partial charge in [-0.25, -0.2) is 0 Å². The molecule has 0 saturated carbocycles. The number of anilines is 1. The smallest absolute Gasteiger partial charge is 0.261 e. The van der Waals surface area contributed by atoms with Crippen molar-refractivity contribution in [2.24, 2.45) is 5.92 Å². The molecule has 35 heavy (non-hydrogen) atoms. The lowest BCUT2D eigenvalue weighted by Crippen LogP contribution is -2.49. The molecule has 0 aliphatic carbocycles. The minimum atomic E-state index is -0.601. The zero-order chi connectivity index (χ0) is 24.9. The van der Waals surface area contributed by atoms with E-state index in [2.05, 4.69) is 0 Å². The van der Waals surface area contributed by atoms with E-state index in [4.69, 9.17) is 5.11 Å². The largest absolute Gasteiger partial charge is 0.396 e. The molecule has 0 radical (unpaired) electrons. The molecule has 7 heteroatoms. The quantitative estimate of drug-likeness (QED) is 0.513. The zero-order valence-corrected chi connectivity index (χ0v) is 19.8. The summed E-state index contributed by atoms with van der Waals surface area (Å²) in [5.41, 5.74) is 3.83. The number of hydrogen-bond acceptors (Lipinski definition) is 5. The minimum absolute atomic E-state index is 0.0629. The highest BCUT2D eigenvalue weighted by molar-refractivity contribution is 6.29. The second-order valence-electron chi connectivity index (χ2n) is 9.66. The first-order valence-corrected chi connectivity index (χ1v) is 11.9. The van der Waals surface area contributed by atoms with Gasteiger partial charge in [0, 0.05) is 39.8 Å². The van der Waals surface area contributed by atoms with Crippen LogP contribution in [0.1, 0.15) is 62.5 Å². The van der Waals surface area contributed by atoms with Crippen molar-refractivity contribution in [2.45, 2.75) is 39.3 Å². The van der Waals surface area contributed by atoms with E-state index in [9.17, 15) is 19.5 Å². The van der Waals surface area contributed by atoms with Crippen LogP contribution in [0.5, 0.6) is 0 Å². The van der Waals surface area contributed by atoms with Crippen LogP contribution in [0.2, 0.25) is 0 Å². The summed E-state index contributed by atoms with van der Waals surface area (Å²) in [6, 6.07) is 13.8. The molecule has 0 aromatic heterocycles. The molecule has 2 aliphatic rings. The highest BCUT2D eigenvalue weighted by Gasteiger charge is 2.40. The molecule has 2 heterocycles. The fraction of sp³-hybridized carbons (Fsp3) is 0.321. The Kier molecular flexibility index (Phi) is 5.91. The number of aliphatic hydroxyl groups is 2. The van der Waals surface area contributed by atoms with Crippen LogP contribution in [0.4, 0.5) is 5.69 Å². The summed E-state index contributed by atoms with van der Waals surface area (Å²) < 4.78 is 0. The normalized spacial score (nSPS) is 16.0. The van der Waals surface area contributed by atoms with Gasteiger partial charge in [0.05, 0.1) is 19.2 Å². The van der Waals surface area contributed by atoms with Crippen molar-refractivity contribution >= 4 is 34.2 Å². The number of nitrogens with zero attached hydrogens (tertiary/aromatic N) is 2. The molecule has 3 amide bonds. The fourth-order valence-electron chi connectivity index (χ4n) is 5.29. The first-order chi connectivity index (χ1) is 16.8. The van der Waals surface area contributed by atoms with Crippen LogP contribution in [0.25, 0.3) is 10.8 Å². The molecular weight excluding hydrogens is 444 g/mol. The Hall–Kier alpha value is -3.55. The Morgan fingerprint density at radius 1 is 0.800 bits per heavy atom. The maximum atomic E-state index is 13.5. The van der Waals surface area contributed by atoms with Gasteiger partial charge >= 0.3 is 0 Å². The first kappa shape index (κ1) is 23.2. The van der Waals surface area contributed by atoms with Crippen LogP contribution in [0.15, 0.2) is 48.5 Å². The van der Waals surface area contributed by atoms with Gasteiger partial charge in [-0.1, -0.05) is 32.0 Å². The number of carbonyl (C=O) groups excluding carboxylic acids is 3. The van der Waals surface area contributed by atoms with Crippen LogP contribution in [-0.2, 0) is 13.0 Å². The molecule has 3 aromatic rings. The van der Waals surface area contributed by atoms with Crippen LogP contribution in [0.3, 0.4) is 0 Å². The van der Waals surface area contributed by atoms with Gasteiger partial charge in [0.1, 0.15) is 0 Å². The van der Waals surface area contributed by atoms with Gasteiger partial charge in [0.2, 0.25) is 0 Å². The molecule has 0 saturated heterocycles. The Bertz CT molecular complexity index is 1320. The van der Waals surface area contributed by atoms with Gasteiger partial charge in [-0.05, 0) is 60.2 Å². The standard InChI is InChI=1S/C28H28N2O5/c1-16(2)13-20(15-32)30-27(34)22-8-5-18-14-29(19-6-3-17(4-7-19)11-12-31)26(33)21-9-10-23(28(30)35)25(22)24(18)21/h3-10,16,20,31-32H,11-15H2,1-2H3. The second-order valence-corrected chi connectivity index (χ2v) is 9.66. The van der Waals surface area contributed by atoms with Gasteiger partial charge in [-0.2, -0.15) is 0 Å². The van der Waals surface area contributed by atoms with E-state index in [-0.39, 0.29) is 25.0 Å². The lowest BCUT2D eigenvalue weighted by atomic mass is 9.85. The van der Waals surface area contributed by atoms with Crippen LogP contribution in [0, 0.1) is 5.92 Å². The third-order valence-electron chi connectivity index (χ3n) is 6.92. The lowest BCUT2D eigenvalue weighted by molar-refractivity contribution is 0.0444. The van der Waals surface area contributed by atoms with Gasteiger partial charge in [-0.3, -0.25) is 19.3 Å². The van der Waals surface area contributed by atoms with Gasteiger partial charge in [-0.15, -0.1) is 0 Å². The summed E-state index contributed by atoms with van der Waals surface area (Å²) >= 11 is 0. The first-order valence-electron chi connectivity index (χ1n) is 11.9. The van der Waals surface area contributed by atoms with Crippen molar-refractivity contribution in [3.63, 3.8) is 0 Å². The highest BCUT2D eigenvalue weighted by Crippen LogP contribution is 2.39. The Balaban J connectivity index is 1.58. The number of imide groups is 1. The van der Waals surface area contributed by atoms with Gasteiger partial charge in [0.15, 0.2) is 0 Å². The topological polar surface area (TPSA) is 98.2 Å². The van der Waals surface area contributed by atoms with E-state index in [0.29, 0.717) is 46.8 Å². The Labute approximate surface area is 203 Å². The van der Waals surface area contributed by atoms with E-state index < -0.39 is 17.9 Å². The molecule has 0 spiro atoms. The van der Waals surface area contributed by atoms with Gasteiger partial charge < -0.3 is 15.1 Å². The number of carbonyl (C=O) groups is 3. The Morgan fingerprint density at radius 3 is 1.97 bits per heavy atom. The van der Waals surface area contributed by atoms with E-state index in [1.54, 1.807) is 23.1 Å². The summed E-state index contributed by atoms with van der Waals surface area (Å²) in [6.45, 7) is 4.06. The molecule has 5 rings (SSSR count). The van der Waals surface area contributed by atoms with Gasteiger partial charge in [0.25, 0.3) is 17.7 Å². The second kappa shape index (κ2) is 8.91. The molecule has 180 valence electrons. The van der Waals surface area contributed by atoms with E-state index in [1.807, 2.05) is 44.2 Å². The SMILES string of the molecule is CC(C)CC(CO)N1C(=O)c2ccc3c4c(ccc(c24)C1=O)C(=O)N(c1ccc(CCO)cc1)C3. The van der Waals surface area contributed by atoms with Crippen molar-refractivity contribution in [3.05, 3.63) is 76.3 Å². The monoisotopic (exact) mass is 472 g/mol. The summed E-state index contributed by atoms with van der Waals surface area (Å²) in [4.78, 5) is 43.3. The fourth-order valence-corrected chi connectivity index (χ4v) is 5.29. The number of hydrogen-bond donors (Lipinski definition) is 2. The molecule has 1 atom stereocenters. The van der Waals surface area contributed by atoms with E-state index in [1.165, 1.54) is 4.90 Å². The number of benzene rings is 3. The minimum Gasteiger partial charge on any atom is -0.396 e. The number of aliphatic hydroxyl groups excluding tert-OH is 2. The van der Waals surface area contributed by atoms with Crippen molar-refractivity contribution in [1.82, 2.24) is 4.90 Å². The third kappa shape index (κ3) is 3.72. The molecule has 3 aromatic carbocycles. The Morgan fingerprint density at radius 2 is 1.40 bits per heavy atom. The zero-order valence-electron chi connectivity index (χ0n) is 19.8. The molecule has 0 fully saturated rings. The highest BCUT2D eigenvalue weighted by atomic mass is 16.3. The molecule has 2 N–H and O–H groups in total. The molecule has 2 aliphatic heterocycles. The number of amides is 3. The average Bonchev–Trinajstić information content (AvgIpc) is 2.85. The summed E-state index contributed by atoms with van der Waals surface area (Å²) in [5, 5.41) is 20.3. The van der Waals surface area contributed by atoms with Crippen LogP contribution >= 0.6 is 0 Å². The lowest BCUT2D eigenvalue weighted by Gasteiger charge is -2.36.